The maximum atomic E-state index is 12.8. The van der Waals surface area contributed by atoms with E-state index in [1.165, 1.54) is 11.4 Å². The smallest absolute Gasteiger partial charge is 0.330 e. The fraction of sp³-hybridized carbons (Fsp3) is 0.600. The van der Waals surface area contributed by atoms with Gasteiger partial charge in [-0.1, -0.05) is 20.8 Å². The Labute approximate surface area is 138 Å². The van der Waals surface area contributed by atoms with E-state index in [0.717, 1.165) is 11.3 Å². The number of carboxylic acids is 1. The highest BCUT2D eigenvalue weighted by Gasteiger charge is 2.62. The molecule has 1 rings (SSSR count). The standard InChI is InChI=1S/C15H21NO6S/c1-13(2,3)15(11(17)18,12(19)22-14(4,5)6)10-9(16(20)21)7-8-23-10/h7-8H,1-6H3,(H,17,18). The number of thiophene rings is 1. The molecule has 0 aliphatic carbocycles. The van der Waals surface area contributed by atoms with Crippen molar-refractivity contribution >= 4 is 29.0 Å². The van der Waals surface area contributed by atoms with Crippen molar-refractivity contribution in [2.24, 2.45) is 5.41 Å². The molecule has 0 radical (unpaired) electrons. The Bertz CT molecular complexity index is 637. The lowest BCUT2D eigenvalue weighted by molar-refractivity contribution is -0.385. The molecule has 1 heterocycles. The molecule has 0 aliphatic heterocycles. The van der Waals surface area contributed by atoms with Crippen molar-refractivity contribution in [3.63, 3.8) is 0 Å². The maximum absolute atomic E-state index is 12.8. The fourth-order valence-electron chi connectivity index (χ4n) is 2.33. The average molecular weight is 343 g/mol. The zero-order valence-electron chi connectivity index (χ0n) is 14.0. The molecule has 0 spiro atoms. The number of esters is 1. The monoisotopic (exact) mass is 343 g/mol. The van der Waals surface area contributed by atoms with Gasteiger partial charge in [-0.2, -0.15) is 0 Å². The Hall–Kier alpha value is -1.96. The second-order valence-corrected chi connectivity index (χ2v) is 8.12. The van der Waals surface area contributed by atoms with Crippen LogP contribution in [0.2, 0.25) is 0 Å². The normalized spacial score (nSPS) is 14.9. The molecule has 1 aromatic heterocycles. The Balaban J connectivity index is 3.74. The molecule has 8 heteroatoms. The van der Waals surface area contributed by atoms with Gasteiger partial charge in [0.05, 0.1) is 4.92 Å². The first-order chi connectivity index (χ1) is 10.2. The summed E-state index contributed by atoms with van der Waals surface area (Å²) in [6, 6.07) is 1.20. The Morgan fingerprint density at radius 3 is 2.09 bits per heavy atom. The van der Waals surface area contributed by atoms with E-state index in [1.807, 2.05) is 0 Å². The number of carbonyl (C=O) groups is 2. The number of nitrogens with zero attached hydrogens (tertiary/aromatic N) is 1. The van der Waals surface area contributed by atoms with Gasteiger partial charge in [-0.05, 0) is 31.6 Å². The number of carboxylic acid groups (broad SMARTS) is 1. The van der Waals surface area contributed by atoms with E-state index >= 15 is 0 Å². The second-order valence-electron chi connectivity index (χ2n) is 7.20. The Morgan fingerprint density at radius 2 is 1.74 bits per heavy atom. The highest BCUT2D eigenvalue weighted by Crippen LogP contribution is 2.49. The van der Waals surface area contributed by atoms with Crippen molar-refractivity contribution in [2.75, 3.05) is 0 Å². The minimum Gasteiger partial charge on any atom is -0.480 e. The predicted molar refractivity (Wildman–Crippen MR) is 85.6 cm³/mol. The lowest BCUT2D eigenvalue weighted by Gasteiger charge is -2.39. The van der Waals surface area contributed by atoms with Crippen molar-refractivity contribution in [3.05, 3.63) is 26.4 Å². The minimum atomic E-state index is -2.17. The van der Waals surface area contributed by atoms with Gasteiger partial charge in [-0.25, -0.2) is 0 Å². The van der Waals surface area contributed by atoms with Crippen LogP contribution in [0.4, 0.5) is 5.69 Å². The summed E-state index contributed by atoms with van der Waals surface area (Å²) in [6.45, 7) is 9.49. The molecule has 1 N–H and O–H groups in total. The third-order valence-corrected chi connectivity index (χ3v) is 4.36. The van der Waals surface area contributed by atoms with E-state index in [1.54, 1.807) is 41.5 Å². The molecule has 0 fully saturated rings. The van der Waals surface area contributed by atoms with Gasteiger partial charge in [-0.3, -0.25) is 19.7 Å². The van der Waals surface area contributed by atoms with Crippen molar-refractivity contribution in [1.29, 1.82) is 0 Å². The number of hydrogen-bond donors (Lipinski definition) is 1. The average Bonchev–Trinajstić information content (AvgIpc) is 2.73. The first kappa shape index (κ1) is 19.1. The number of ether oxygens (including phenoxy) is 1. The molecule has 1 atom stereocenters. The summed E-state index contributed by atoms with van der Waals surface area (Å²) in [5.74, 6) is -2.47. The molecule has 0 amide bonds. The third kappa shape index (κ3) is 3.36. The van der Waals surface area contributed by atoms with Crippen LogP contribution in [0.1, 0.15) is 46.4 Å². The summed E-state index contributed by atoms with van der Waals surface area (Å²) in [6.07, 6.45) is 0. The van der Waals surface area contributed by atoms with E-state index < -0.39 is 39.0 Å². The topological polar surface area (TPSA) is 107 Å². The number of hydrogen-bond acceptors (Lipinski definition) is 6. The number of carbonyl (C=O) groups excluding carboxylic acids is 1. The van der Waals surface area contributed by atoms with Crippen LogP contribution in [0.5, 0.6) is 0 Å². The van der Waals surface area contributed by atoms with E-state index in [-0.39, 0.29) is 4.88 Å². The number of rotatable bonds is 4. The summed E-state index contributed by atoms with van der Waals surface area (Å²) in [4.78, 5) is 35.4. The Morgan fingerprint density at radius 1 is 1.22 bits per heavy atom. The van der Waals surface area contributed by atoms with Gasteiger partial charge in [0.15, 0.2) is 0 Å². The highest BCUT2D eigenvalue weighted by atomic mass is 32.1. The second kappa shape index (κ2) is 5.92. The van der Waals surface area contributed by atoms with Crippen LogP contribution >= 0.6 is 11.3 Å². The van der Waals surface area contributed by atoms with Gasteiger partial charge in [-0.15, -0.1) is 11.3 Å². The lowest BCUT2D eigenvalue weighted by atomic mass is 9.65. The predicted octanol–water partition coefficient (Wildman–Crippen LogP) is 3.37. The SMILES string of the molecule is CC(C)(C)OC(=O)C(C(=O)O)(c1sccc1[N+](=O)[O-])C(C)(C)C. The summed E-state index contributed by atoms with van der Waals surface area (Å²) >= 11 is 0.871. The molecular weight excluding hydrogens is 322 g/mol. The largest absolute Gasteiger partial charge is 0.480 e. The summed E-state index contributed by atoms with van der Waals surface area (Å²) in [5.41, 5.74) is -4.62. The first-order valence-corrected chi connectivity index (χ1v) is 7.82. The van der Waals surface area contributed by atoms with Gasteiger partial charge in [0.1, 0.15) is 10.5 Å². The molecule has 0 bridgehead atoms. The molecule has 23 heavy (non-hydrogen) atoms. The van der Waals surface area contributed by atoms with Crippen LogP contribution in [0.15, 0.2) is 11.4 Å². The lowest BCUT2D eigenvalue weighted by Crippen LogP contribution is -2.55. The van der Waals surface area contributed by atoms with Gasteiger partial charge in [0, 0.05) is 6.07 Å². The maximum Gasteiger partial charge on any atom is 0.330 e. The van der Waals surface area contributed by atoms with Crippen molar-refractivity contribution in [1.82, 2.24) is 0 Å². The molecule has 0 aromatic carbocycles. The first-order valence-electron chi connectivity index (χ1n) is 6.94. The van der Waals surface area contributed by atoms with Crippen LogP contribution in [0, 0.1) is 15.5 Å². The van der Waals surface area contributed by atoms with Crippen molar-refractivity contribution in [2.45, 2.75) is 52.6 Å². The van der Waals surface area contributed by atoms with Crippen LogP contribution in [0.25, 0.3) is 0 Å². The fourth-order valence-corrected chi connectivity index (χ4v) is 3.58. The molecule has 1 unspecified atom stereocenters. The van der Waals surface area contributed by atoms with Crippen LogP contribution in [-0.4, -0.2) is 27.6 Å². The number of aliphatic carboxylic acids is 1. The summed E-state index contributed by atoms with van der Waals surface area (Å²) in [7, 11) is 0. The van der Waals surface area contributed by atoms with Crippen LogP contribution < -0.4 is 0 Å². The van der Waals surface area contributed by atoms with Gasteiger partial charge in [0.2, 0.25) is 5.41 Å². The molecular formula is C15H21NO6S. The van der Waals surface area contributed by atoms with Crippen LogP contribution in [-0.2, 0) is 19.7 Å². The van der Waals surface area contributed by atoms with E-state index in [2.05, 4.69) is 0 Å². The van der Waals surface area contributed by atoms with E-state index in [0.29, 0.717) is 0 Å². The zero-order chi connectivity index (χ0) is 18.2. The molecule has 0 aliphatic rings. The van der Waals surface area contributed by atoms with Crippen LogP contribution in [0.3, 0.4) is 0 Å². The van der Waals surface area contributed by atoms with Crippen molar-refractivity contribution < 1.29 is 24.4 Å². The summed E-state index contributed by atoms with van der Waals surface area (Å²) < 4.78 is 5.31. The zero-order valence-corrected chi connectivity index (χ0v) is 14.8. The van der Waals surface area contributed by atoms with Gasteiger partial charge < -0.3 is 9.84 Å². The molecule has 7 nitrogen and oxygen atoms in total. The third-order valence-electron chi connectivity index (χ3n) is 3.33. The van der Waals surface area contributed by atoms with E-state index in [4.69, 9.17) is 4.74 Å². The van der Waals surface area contributed by atoms with Crippen molar-refractivity contribution in [3.8, 4) is 0 Å². The highest BCUT2D eigenvalue weighted by molar-refractivity contribution is 7.11. The van der Waals surface area contributed by atoms with Gasteiger partial charge >= 0.3 is 11.9 Å². The van der Waals surface area contributed by atoms with Gasteiger partial charge in [0.25, 0.3) is 5.69 Å². The molecule has 128 valence electrons. The Kier molecular flexibility index (Phi) is 4.91. The molecule has 1 aromatic rings. The summed E-state index contributed by atoms with van der Waals surface area (Å²) in [5, 5.41) is 22.5. The quantitative estimate of drug-likeness (QED) is 0.389. The van der Waals surface area contributed by atoms with E-state index in [9.17, 15) is 24.8 Å². The minimum absolute atomic E-state index is 0.128. The molecule has 0 saturated carbocycles. The molecule has 0 saturated heterocycles. The number of nitro groups is 1.